The molecular weight excluding hydrogens is 337 g/mol. The lowest BCUT2D eigenvalue weighted by atomic mass is 10.1. The van der Waals surface area contributed by atoms with Gasteiger partial charge >= 0.3 is 0 Å². The van der Waals surface area contributed by atoms with Crippen molar-refractivity contribution in [2.45, 2.75) is 19.0 Å². The number of ether oxygens (including phenoxy) is 1. The van der Waals surface area contributed by atoms with E-state index in [4.69, 9.17) is 4.74 Å². The van der Waals surface area contributed by atoms with Crippen molar-refractivity contribution in [3.8, 4) is 17.1 Å². The van der Waals surface area contributed by atoms with Gasteiger partial charge < -0.3 is 9.30 Å². The van der Waals surface area contributed by atoms with Gasteiger partial charge in [-0.3, -0.25) is 0 Å². The molecule has 1 heterocycles. The maximum atomic E-state index is 13.0. The molecule has 0 radical (unpaired) electrons. The molecule has 0 saturated heterocycles. The molecule has 130 valence electrons. The Bertz CT molecular complexity index is 841. The summed E-state index contributed by atoms with van der Waals surface area (Å²) in [5.74, 6) is 2.12. The minimum Gasteiger partial charge on any atom is -0.493 e. The molecule has 0 saturated carbocycles. The molecule has 0 N–H and O–H groups in total. The molecule has 0 bridgehead atoms. The molecule has 6 heteroatoms. The van der Waals surface area contributed by atoms with Crippen LogP contribution in [0.4, 0.5) is 4.39 Å². The van der Waals surface area contributed by atoms with Crippen molar-refractivity contribution in [3.63, 3.8) is 0 Å². The summed E-state index contributed by atoms with van der Waals surface area (Å²) in [6, 6.07) is 12.5. The molecule has 25 heavy (non-hydrogen) atoms. The van der Waals surface area contributed by atoms with Crippen molar-refractivity contribution < 1.29 is 9.13 Å². The lowest BCUT2D eigenvalue weighted by Gasteiger charge is -2.08. The van der Waals surface area contributed by atoms with Gasteiger partial charge in [0.2, 0.25) is 0 Å². The van der Waals surface area contributed by atoms with E-state index in [1.165, 1.54) is 23.3 Å². The van der Waals surface area contributed by atoms with Gasteiger partial charge in [-0.2, -0.15) is 0 Å². The van der Waals surface area contributed by atoms with E-state index in [1.807, 2.05) is 23.7 Å². The van der Waals surface area contributed by atoms with Crippen LogP contribution >= 0.6 is 11.8 Å². The Kier molecular flexibility index (Phi) is 5.38. The fourth-order valence-electron chi connectivity index (χ4n) is 2.60. The van der Waals surface area contributed by atoms with Gasteiger partial charge in [0.15, 0.2) is 11.0 Å². The average Bonchev–Trinajstić information content (AvgIpc) is 2.92. The monoisotopic (exact) mass is 357 g/mol. The molecule has 3 aromatic rings. The van der Waals surface area contributed by atoms with Crippen molar-refractivity contribution in [3.05, 3.63) is 59.4 Å². The molecule has 0 aliphatic carbocycles. The Hall–Kier alpha value is -2.34. The fraction of sp³-hybridized carbons (Fsp3) is 0.263. The van der Waals surface area contributed by atoms with Gasteiger partial charge in [-0.05, 0) is 61.4 Å². The van der Waals surface area contributed by atoms with Crippen LogP contribution in [-0.2, 0) is 7.05 Å². The number of halogens is 1. The maximum absolute atomic E-state index is 13.0. The Labute approximate surface area is 151 Å². The second-order valence-corrected chi connectivity index (χ2v) is 6.95. The summed E-state index contributed by atoms with van der Waals surface area (Å²) in [7, 11) is 1.91. The molecule has 0 aliphatic heterocycles. The first-order valence-corrected chi connectivity index (χ1v) is 9.01. The van der Waals surface area contributed by atoms with Crippen LogP contribution in [0.25, 0.3) is 11.4 Å². The molecule has 1 aromatic heterocycles. The Morgan fingerprint density at radius 1 is 1.04 bits per heavy atom. The summed E-state index contributed by atoms with van der Waals surface area (Å²) in [6.45, 7) is 4.71. The highest BCUT2D eigenvalue weighted by Crippen LogP contribution is 2.23. The predicted octanol–water partition coefficient (Wildman–Crippen LogP) is 4.41. The third-order valence-electron chi connectivity index (χ3n) is 3.72. The molecular formula is C19H20FN3OS. The van der Waals surface area contributed by atoms with E-state index in [9.17, 15) is 4.39 Å². The third kappa shape index (κ3) is 4.39. The van der Waals surface area contributed by atoms with Crippen LogP contribution in [0.15, 0.2) is 47.6 Å². The number of aromatic nitrogens is 3. The molecule has 0 amide bonds. The van der Waals surface area contributed by atoms with Crippen molar-refractivity contribution in [2.24, 2.45) is 7.05 Å². The number of aryl methyl sites for hydroxylation is 2. The van der Waals surface area contributed by atoms with Crippen LogP contribution < -0.4 is 4.74 Å². The summed E-state index contributed by atoms with van der Waals surface area (Å²) < 4.78 is 20.8. The van der Waals surface area contributed by atoms with Crippen LogP contribution in [0, 0.1) is 19.7 Å². The molecule has 2 aromatic carbocycles. The highest BCUT2D eigenvalue weighted by Gasteiger charge is 2.11. The number of rotatable bonds is 6. The van der Waals surface area contributed by atoms with Crippen LogP contribution in [0.5, 0.6) is 5.75 Å². The molecule has 4 nitrogen and oxygen atoms in total. The molecule has 0 spiro atoms. The second kappa shape index (κ2) is 7.70. The zero-order chi connectivity index (χ0) is 17.8. The van der Waals surface area contributed by atoms with Crippen LogP contribution in [0.1, 0.15) is 11.1 Å². The normalized spacial score (nSPS) is 10.9. The van der Waals surface area contributed by atoms with Crippen LogP contribution in [-0.4, -0.2) is 27.1 Å². The van der Waals surface area contributed by atoms with E-state index in [-0.39, 0.29) is 5.82 Å². The summed E-state index contributed by atoms with van der Waals surface area (Å²) >= 11 is 1.58. The lowest BCUT2D eigenvalue weighted by molar-refractivity contribution is 0.343. The van der Waals surface area contributed by atoms with Gasteiger partial charge in [-0.25, -0.2) is 4.39 Å². The summed E-state index contributed by atoms with van der Waals surface area (Å²) in [5.41, 5.74) is 3.23. The zero-order valence-electron chi connectivity index (χ0n) is 14.5. The van der Waals surface area contributed by atoms with Crippen molar-refractivity contribution in [1.29, 1.82) is 0 Å². The fourth-order valence-corrected chi connectivity index (χ4v) is 3.33. The topological polar surface area (TPSA) is 39.9 Å². The standard InChI is InChI=1S/C19H20FN3OS/c1-13-10-14(2)12-17(11-13)24-8-9-25-19-22-21-18(23(19)3)15-4-6-16(20)7-5-15/h4-7,10-12H,8-9H2,1-3H3. The zero-order valence-corrected chi connectivity index (χ0v) is 15.3. The molecule has 0 aliphatic rings. The Balaban J connectivity index is 1.58. The van der Waals surface area contributed by atoms with Crippen LogP contribution in [0.3, 0.4) is 0 Å². The maximum Gasteiger partial charge on any atom is 0.191 e. The minimum absolute atomic E-state index is 0.260. The van der Waals surface area contributed by atoms with Gasteiger partial charge in [0.05, 0.1) is 6.61 Å². The SMILES string of the molecule is Cc1cc(C)cc(OCCSc2nnc(-c3ccc(F)cc3)n2C)c1. The summed E-state index contributed by atoms with van der Waals surface area (Å²) in [4.78, 5) is 0. The highest BCUT2D eigenvalue weighted by molar-refractivity contribution is 7.99. The minimum atomic E-state index is -0.260. The van der Waals surface area contributed by atoms with E-state index in [0.717, 1.165) is 28.0 Å². The first-order chi connectivity index (χ1) is 12.0. The largest absolute Gasteiger partial charge is 0.493 e. The van der Waals surface area contributed by atoms with Gasteiger partial charge in [-0.15, -0.1) is 10.2 Å². The number of hydrogen-bond acceptors (Lipinski definition) is 4. The number of hydrogen-bond donors (Lipinski definition) is 0. The van der Waals surface area contributed by atoms with E-state index in [1.54, 1.807) is 23.9 Å². The van der Waals surface area contributed by atoms with Crippen molar-refractivity contribution >= 4 is 11.8 Å². The Morgan fingerprint density at radius 3 is 2.40 bits per heavy atom. The molecule has 3 rings (SSSR count). The number of benzene rings is 2. The van der Waals surface area contributed by atoms with Gasteiger partial charge in [-0.1, -0.05) is 17.8 Å². The van der Waals surface area contributed by atoms with E-state index >= 15 is 0 Å². The lowest BCUT2D eigenvalue weighted by Crippen LogP contribution is -2.02. The van der Waals surface area contributed by atoms with E-state index < -0.39 is 0 Å². The first kappa shape index (κ1) is 17.5. The van der Waals surface area contributed by atoms with E-state index in [2.05, 4.69) is 30.1 Å². The summed E-state index contributed by atoms with van der Waals surface area (Å²) in [5, 5.41) is 9.23. The quantitative estimate of drug-likeness (QED) is 0.484. The Morgan fingerprint density at radius 2 is 1.72 bits per heavy atom. The third-order valence-corrected chi connectivity index (χ3v) is 4.70. The van der Waals surface area contributed by atoms with Gasteiger partial charge in [0.1, 0.15) is 11.6 Å². The number of thioether (sulfide) groups is 1. The molecule has 0 unspecified atom stereocenters. The smallest absolute Gasteiger partial charge is 0.191 e. The second-order valence-electron chi connectivity index (χ2n) is 5.89. The molecule has 0 fully saturated rings. The van der Waals surface area contributed by atoms with Crippen molar-refractivity contribution in [1.82, 2.24) is 14.8 Å². The van der Waals surface area contributed by atoms with Gasteiger partial charge in [0, 0.05) is 18.4 Å². The average molecular weight is 357 g/mol. The van der Waals surface area contributed by atoms with Crippen LogP contribution in [0.2, 0.25) is 0 Å². The highest BCUT2D eigenvalue weighted by atomic mass is 32.2. The van der Waals surface area contributed by atoms with Crippen molar-refractivity contribution in [2.75, 3.05) is 12.4 Å². The van der Waals surface area contributed by atoms with Gasteiger partial charge in [0.25, 0.3) is 0 Å². The first-order valence-electron chi connectivity index (χ1n) is 8.02. The predicted molar refractivity (Wildman–Crippen MR) is 98.5 cm³/mol. The molecule has 0 atom stereocenters. The van der Waals surface area contributed by atoms with E-state index in [0.29, 0.717) is 6.61 Å². The summed E-state index contributed by atoms with van der Waals surface area (Å²) in [6.07, 6.45) is 0. The number of nitrogens with zero attached hydrogens (tertiary/aromatic N) is 3.